The van der Waals surface area contributed by atoms with Gasteiger partial charge in [0.25, 0.3) is 5.92 Å². The summed E-state index contributed by atoms with van der Waals surface area (Å²) in [6.45, 7) is 3.76. The van der Waals surface area contributed by atoms with E-state index in [1.54, 1.807) is 10.6 Å². The Hall–Kier alpha value is -1.04. The minimum Gasteiger partial charge on any atom is -0.325 e. The summed E-state index contributed by atoms with van der Waals surface area (Å²) >= 11 is 3.22. The number of hydrogen-bond acceptors (Lipinski definition) is 1. The normalized spacial score (nSPS) is 21.3. The summed E-state index contributed by atoms with van der Waals surface area (Å²) in [6.07, 6.45) is -0.203. The maximum absolute atomic E-state index is 13.9. The minimum atomic E-state index is -2.71. The van der Waals surface area contributed by atoms with Crippen molar-refractivity contribution in [1.29, 1.82) is 0 Å². The van der Waals surface area contributed by atoms with Crippen molar-refractivity contribution < 1.29 is 13.2 Å². The number of nitrogens with zero attached hydrogens (tertiary/aromatic N) is 2. The summed E-state index contributed by atoms with van der Waals surface area (Å²) in [6, 6.07) is 2.97. The molecule has 0 saturated heterocycles. The second kappa shape index (κ2) is 3.98. The van der Waals surface area contributed by atoms with Crippen LogP contribution in [0.3, 0.4) is 0 Å². The van der Waals surface area contributed by atoms with Gasteiger partial charge in [0.1, 0.15) is 11.3 Å². The van der Waals surface area contributed by atoms with Crippen molar-refractivity contribution in [3.63, 3.8) is 0 Å². The lowest BCUT2D eigenvalue weighted by Gasteiger charge is -2.12. The van der Waals surface area contributed by atoms with Gasteiger partial charge in [0.05, 0.1) is 11.4 Å². The van der Waals surface area contributed by atoms with Crippen LogP contribution in [0.15, 0.2) is 16.6 Å². The third-order valence-corrected chi connectivity index (χ3v) is 3.85. The van der Waals surface area contributed by atoms with Crippen molar-refractivity contribution in [3.05, 3.63) is 28.2 Å². The molecule has 1 heterocycles. The molecule has 1 atom stereocenters. The van der Waals surface area contributed by atoms with Gasteiger partial charge in [-0.05, 0) is 26.0 Å². The predicted molar refractivity (Wildman–Crippen MR) is 70.1 cm³/mol. The second-order valence-electron chi connectivity index (χ2n) is 5.21. The average Bonchev–Trinajstić information content (AvgIpc) is 2.75. The molecule has 1 saturated carbocycles. The molecule has 0 radical (unpaired) electrons. The molecule has 3 rings (SSSR count). The Labute approximate surface area is 116 Å². The van der Waals surface area contributed by atoms with E-state index in [2.05, 4.69) is 20.9 Å². The zero-order chi connectivity index (χ0) is 13.9. The molecule has 0 N–H and O–H groups in total. The van der Waals surface area contributed by atoms with Crippen molar-refractivity contribution in [2.75, 3.05) is 0 Å². The van der Waals surface area contributed by atoms with E-state index in [1.165, 1.54) is 6.07 Å². The summed E-state index contributed by atoms with van der Waals surface area (Å²) < 4.78 is 42.7. The Morgan fingerprint density at radius 1 is 1.42 bits per heavy atom. The monoisotopic (exact) mass is 332 g/mol. The zero-order valence-corrected chi connectivity index (χ0v) is 12.0. The molecule has 1 unspecified atom stereocenters. The molecule has 2 nitrogen and oxygen atoms in total. The van der Waals surface area contributed by atoms with Crippen LogP contribution >= 0.6 is 15.9 Å². The maximum atomic E-state index is 13.9. The molecule has 0 aliphatic heterocycles. The van der Waals surface area contributed by atoms with E-state index in [0.29, 0.717) is 9.99 Å². The fourth-order valence-electron chi connectivity index (χ4n) is 2.42. The quantitative estimate of drug-likeness (QED) is 0.783. The standard InChI is InChI=1S/C13H12BrF3N2/c1-6(2)19-10-4-7(14)3-9(15)11(10)18-12(19)8-5-13(8,16)17/h3-4,6,8H,5H2,1-2H3. The van der Waals surface area contributed by atoms with E-state index in [0.717, 1.165) is 0 Å². The third kappa shape index (κ3) is 1.96. The highest BCUT2D eigenvalue weighted by Gasteiger charge is 2.60. The van der Waals surface area contributed by atoms with Crippen LogP contribution in [-0.4, -0.2) is 15.5 Å². The number of imidazole rings is 1. The van der Waals surface area contributed by atoms with Crippen molar-refractivity contribution in [1.82, 2.24) is 9.55 Å². The van der Waals surface area contributed by atoms with Crippen molar-refractivity contribution in [2.45, 2.75) is 38.2 Å². The molecule has 1 fully saturated rings. The van der Waals surface area contributed by atoms with E-state index in [1.807, 2.05) is 13.8 Å². The molecule has 6 heteroatoms. The number of fused-ring (bicyclic) bond motifs is 1. The lowest BCUT2D eigenvalue weighted by atomic mass is 10.2. The van der Waals surface area contributed by atoms with Gasteiger partial charge in [-0.2, -0.15) is 0 Å². The number of hydrogen-bond donors (Lipinski definition) is 0. The highest BCUT2D eigenvalue weighted by Crippen LogP contribution is 2.56. The molecule has 1 aliphatic rings. The van der Waals surface area contributed by atoms with Gasteiger partial charge in [0.2, 0.25) is 0 Å². The van der Waals surface area contributed by atoms with Crippen LogP contribution in [-0.2, 0) is 0 Å². The molecular formula is C13H12BrF3N2. The largest absolute Gasteiger partial charge is 0.325 e. The van der Waals surface area contributed by atoms with Crippen LogP contribution < -0.4 is 0 Å². The van der Waals surface area contributed by atoms with Crippen LogP contribution in [0.2, 0.25) is 0 Å². The highest BCUT2D eigenvalue weighted by atomic mass is 79.9. The first kappa shape index (κ1) is 13.0. The molecule has 2 aromatic rings. The van der Waals surface area contributed by atoms with Gasteiger partial charge < -0.3 is 4.57 Å². The van der Waals surface area contributed by atoms with Crippen LogP contribution in [0.4, 0.5) is 13.2 Å². The molecule has 19 heavy (non-hydrogen) atoms. The molecule has 1 aliphatic carbocycles. The van der Waals surface area contributed by atoms with E-state index in [4.69, 9.17) is 0 Å². The van der Waals surface area contributed by atoms with Crippen LogP contribution in [0.25, 0.3) is 11.0 Å². The first-order valence-corrected chi connectivity index (χ1v) is 6.85. The summed E-state index contributed by atoms with van der Waals surface area (Å²) in [4.78, 5) is 4.12. The molecule has 1 aromatic heterocycles. The number of rotatable bonds is 2. The van der Waals surface area contributed by atoms with Gasteiger partial charge in [0, 0.05) is 16.9 Å². The van der Waals surface area contributed by atoms with Crippen molar-refractivity contribution in [2.24, 2.45) is 0 Å². The first-order chi connectivity index (χ1) is 8.81. The summed E-state index contributed by atoms with van der Waals surface area (Å²) in [5.74, 6) is -3.80. The Bertz CT molecular complexity index is 663. The van der Waals surface area contributed by atoms with Crippen molar-refractivity contribution >= 4 is 27.0 Å². The van der Waals surface area contributed by atoms with Gasteiger partial charge in [-0.15, -0.1) is 0 Å². The lowest BCUT2D eigenvalue weighted by molar-refractivity contribution is 0.110. The lowest BCUT2D eigenvalue weighted by Crippen LogP contribution is -2.07. The fraction of sp³-hybridized carbons (Fsp3) is 0.462. The number of aromatic nitrogens is 2. The topological polar surface area (TPSA) is 17.8 Å². The number of halogens is 4. The minimum absolute atomic E-state index is 0.0508. The Morgan fingerprint density at radius 3 is 2.58 bits per heavy atom. The van der Waals surface area contributed by atoms with Crippen LogP contribution in [0.5, 0.6) is 0 Å². The van der Waals surface area contributed by atoms with Crippen molar-refractivity contribution in [3.8, 4) is 0 Å². The Balaban J connectivity index is 2.28. The number of alkyl halides is 2. The molecule has 0 spiro atoms. The van der Waals surface area contributed by atoms with Gasteiger partial charge in [-0.25, -0.2) is 18.2 Å². The van der Waals surface area contributed by atoms with Gasteiger partial charge in [-0.1, -0.05) is 15.9 Å². The molecule has 0 amide bonds. The smallest absolute Gasteiger partial charge is 0.259 e. The van der Waals surface area contributed by atoms with E-state index in [-0.39, 0.29) is 23.8 Å². The van der Waals surface area contributed by atoms with Crippen LogP contribution in [0, 0.1) is 5.82 Å². The summed E-state index contributed by atoms with van der Waals surface area (Å²) in [7, 11) is 0. The maximum Gasteiger partial charge on any atom is 0.259 e. The van der Waals surface area contributed by atoms with Gasteiger partial charge in [-0.3, -0.25) is 0 Å². The molecular weight excluding hydrogens is 321 g/mol. The van der Waals surface area contributed by atoms with E-state index >= 15 is 0 Å². The van der Waals surface area contributed by atoms with Gasteiger partial charge in [0.15, 0.2) is 5.82 Å². The zero-order valence-electron chi connectivity index (χ0n) is 10.4. The van der Waals surface area contributed by atoms with E-state index in [9.17, 15) is 13.2 Å². The molecule has 0 bridgehead atoms. The SMILES string of the molecule is CC(C)n1c(C2CC2(F)F)nc2c(F)cc(Br)cc21. The highest BCUT2D eigenvalue weighted by molar-refractivity contribution is 9.10. The molecule has 102 valence electrons. The summed E-state index contributed by atoms with van der Waals surface area (Å²) in [5, 5.41) is 0. The van der Waals surface area contributed by atoms with E-state index < -0.39 is 17.7 Å². The second-order valence-corrected chi connectivity index (χ2v) is 6.12. The summed E-state index contributed by atoms with van der Waals surface area (Å²) in [5.41, 5.74) is 0.717. The number of benzene rings is 1. The predicted octanol–water partition coefficient (Wildman–Crippen LogP) is 4.64. The van der Waals surface area contributed by atoms with Gasteiger partial charge >= 0.3 is 0 Å². The fourth-order valence-corrected chi connectivity index (χ4v) is 2.84. The average molecular weight is 333 g/mol. The molecule has 1 aromatic carbocycles. The first-order valence-electron chi connectivity index (χ1n) is 6.06. The Kier molecular flexibility index (Phi) is 2.71. The third-order valence-electron chi connectivity index (χ3n) is 3.39. The Morgan fingerprint density at radius 2 is 2.05 bits per heavy atom. The van der Waals surface area contributed by atoms with Crippen LogP contribution in [0.1, 0.15) is 38.1 Å².